The first kappa shape index (κ1) is 27.8. The first-order chi connectivity index (χ1) is 13.3. The summed E-state index contributed by atoms with van der Waals surface area (Å²) in [5.74, 6) is 0. The van der Waals surface area contributed by atoms with E-state index in [9.17, 15) is 0 Å². The summed E-state index contributed by atoms with van der Waals surface area (Å²) in [6.45, 7) is 4.37. The molecule has 0 heterocycles. The van der Waals surface area contributed by atoms with Gasteiger partial charge in [-0.2, -0.15) is 0 Å². The number of hydrogen-bond acceptors (Lipinski definition) is 1. The van der Waals surface area contributed by atoms with E-state index in [1.54, 1.807) is 0 Å². The zero-order chi connectivity index (χ0) is 19.4. The van der Waals surface area contributed by atoms with Gasteiger partial charge < -0.3 is 5.32 Å². The Balaban J connectivity index is 0.00000729. The van der Waals surface area contributed by atoms with Crippen LogP contribution in [0.3, 0.4) is 0 Å². The molecule has 164 valence electrons. The number of unbranched alkanes of at least 4 members (excludes halogenated alkanes) is 15. The van der Waals surface area contributed by atoms with E-state index in [1.807, 2.05) is 12.1 Å². The molecule has 0 saturated carbocycles. The van der Waals surface area contributed by atoms with Crippen molar-refractivity contribution in [1.29, 1.82) is 0 Å². The van der Waals surface area contributed by atoms with Gasteiger partial charge in [-0.1, -0.05) is 127 Å². The number of benzene rings is 1. The van der Waals surface area contributed by atoms with E-state index in [0.717, 1.165) is 18.1 Å². The molecule has 1 aromatic rings. The lowest BCUT2D eigenvalue weighted by molar-refractivity contribution is 0.525. The second-order valence-electron chi connectivity index (χ2n) is 8.11. The minimum Gasteiger partial charge on any atom is -0.313 e. The summed E-state index contributed by atoms with van der Waals surface area (Å²) < 4.78 is 0. The number of halogens is 2. The minimum atomic E-state index is 0. The van der Waals surface area contributed by atoms with E-state index in [0.29, 0.717) is 0 Å². The van der Waals surface area contributed by atoms with Gasteiger partial charge in [-0.3, -0.25) is 0 Å². The molecule has 0 unspecified atom stereocenters. The highest BCUT2D eigenvalue weighted by molar-refractivity contribution is 6.30. The molecule has 0 aromatic heterocycles. The average Bonchev–Trinajstić information content (AvgIpc) is 2.68. The summed E-state index contributed by atoms with van der Waals surface area (Å²) in [6.07, 6.45) is 22.9. The average molecular weight is 431 g/mol. The molecule has 0 aliphatic rings. The quantitative estimate of drug-likeness (QED) is 0.216. The van der Waals surface area contributed by atoms with Gasteiger partial charge in [0.1, 0.15) is 0 Å². The van der Waals surface area contributed by atoms with Gasteiger partial charge in [0.2, 0.25) is 0 Å². The van der Waals surface area contributed by atoms with Crippen molar-refractivity contribution in [2.45, 2.75) is 116 Å². The third-order valence-corrected chi connectivity index (χ3v) is 5.70. The zero-order valence-corrected chi connectivity index (χ0v) is 19.9. The van der Waals surface area contributed by atoms with Gasteiger partial charge in [0, 0.05) is 11.6 Å². The molecule has 0 amide bonds. The Hall–Kier alpha value is -0.240. The molecule has 0 saturated heterocycles. The first-order valence-corrected chi connectivity index (χ1v) is 12.2. The molecule has 0 aliphatic carbocycles. The van der Waals surface area contributed by atoms with Crippen molar-refractivity contribution < 1.29 is 0 Å². The van der Waals surface area contributed by atoms with Crippen molar-refractivity contribution in [3.8, 4) is 0 Å². The zero-order valence-electron chi connectivity index (χ0n) is 18.3. The summed E-state index contributed by atoms with van der Waals surface area (Å²) in [7, 11) is 0. The van der Waals surface area contributed by atoms with Crippen LogP contribution in [-0.2, 0) is 6.54 Å². The molecule has 0 aliphatic heterocycles. The molecule has 0 spiro atoms. The van der Waals surface area contributed by atoms with Crippen molar-refractivity contribution in [2.75, 3.05) is 6.54 Å². The number of nitrogens with one attached hydrogen (secondary N) is 1. The van der Waals surface area contributed by atoms with Gasteiger partial charge in [0.15, 0.2) is 0 Å². The molecule has 3 heteroatoms. The highest BCUT2D eigenvalue weighted by Gasteiger charge is 1.96. The monoisotopic (exact) mass is 429 g/mol. The van der Waals surface area contributed by atoms with Crippen LogP contribution in [0.4, 0.5) is 0 Å². The lowest BCUT2D eigenvalue weighted by Gasteiger charge is -2.06. The minimum absolute atomic E-state index is 0. The highest BCUT2D eigenvalue weighted by atomic mass is 35.5. The third kappa shape index (κ3) is 17.8. The largest absolute Gasteiger partial charge is 0.313 e. The fourth-order valence-electron chi connectivity index (χ4n) is 3.63. The molecular weight excluding hydrogens is 385 g/mol. The smallest absolute Gasteiger partial charge is 0.0406 e. The Kier molecular flexibility index (Phi) is 21.3. The van der Waals surface area contributed by atoms with Gasteiger partial charge in [-0.25, -0.2) is 0 Å². The maximum atomic E-state index is 5.90. The number of rotatable bonds is 19. The first-order valence-electron chi connectivity index (χ1n) is 11.8. The fraction of sp³-hybridized carbons (Fsp3) is 0.760. The van der Waals surface area contributed by atoms with Crippen LogP contribution in [0, 0.1) is 0 Å². The Morgan fingerprint density at radius 1 is 0.607 bits per heavy atom. The molecular formula is C25H45Cl2N. The van der Waals surface area contributed by atoms with Crippen LogP contribution in [0.5, 0.6) is 0 Å². The van der Waals surface area contributed by atoms with Crippen LogP contribution >= 0.6 is 24.0 Å². The maximum absolute atomic E-state index is 5.90. The van der Waals surface area contributed by atoms with Crippen molar-refractivity contribution >= 4 is 24.0 Å². The van der Waals surface area contributed by atoms with E-state index in [4.69, 9.17) is 11.6 Å². The Morgan fingerprint density at radius 2 is 1.00 bits per heavy atom. The van der Waals surface area contributed by atoms with E-state index in [2.05, 4.69) is 24.4 Å². The molecule has 1 rings (SSSR count). The molecule has 0 fully saturated rings. The molecule has 1 nitrogen and oxygen atoms in total. The summed E-state index contributed by atoms with van der Waals surface area (Å²) in [4.78, 5) is 0. The summed E-state index contributed by atoms with van der Waals surface area (Å²) >= 11 is 5.90. The van der Waals surface area contributed by atoms with Gasteiger partial charge in [-0.05, 0) is 30.7 Å². The molecule has 1 aromatic carbocycles. The predicted molar refractivity (Wildman–Crippen MR) is 130 cm³/mol. The lowest BCUT2D eigenvalue weighted by atomic mass is 10.0. The topological polar surface area (TPSA) is 12.0 Å². The van der Waals surface area contributed by atoms with Crippen LogP contribution in [-0.4, -0.2) is 6.54 Å². The third-order valence-electron chi connectivity index (χ3n) is 5.45. The SMILES string of the molecule is CCCCCCCCCCCCCCCCCCNCc1ccc(Cl)cc1.Cl. The van der Waals surface area contributed by atoms with Gasteiger partial charge >= 0.3 is 0 Å². The fourth-order valence-corrected chi connectivity index (χ4v) is 3.76. The van der Waals surface area contributed by atoms with Crippen molar-refractivity contribution in [2.24, 2.45) is 0 Å². The van der Waals surface area contributed by atoms with E-state index < -0.39 is 0 Å². The van der Waals surface area contributed by atoms with E-state index >= 15 is 0 Å². The van der Waals surface area contributed by atoms with Crippen LogP contribution < -0.4 is 5.32 Å². The number of hydrogen-bond donors (Lipinski definition) is 1. The Bertz CT molecular complexity index is 419. The molecule has 0 radical (unpaired) electrons. The molecule has 28 heavy (non-hydrogen) atoms. The van der Waals surface area contributed by atoms with Crippen LogP contribution in [0.1, 0.15) is 115 Å². The molecule has 0 bridgehead atoms. The van der Waals surface area contributed by atoms with Gasteiger partial charge in [-0.15, -0.1) is 12.4 Å². The van der Waals surface area contributed by atoms with E-state index in [-0.39, 0.29) is 12.4 Å². The molecule has 0 atom stereocenters. The van der Waals surface area contributed by atoms with Crippen LogP contribution in [0.2, 0.25) is 5.02 Å². The van der Waals surface area contributed by atoms with Gasteiger partial charge in [0.25, 0.3) is 0 Å². The second-order valence-corrected chi connectivity index (χ2v) is 8.54. The standard InChI is InChI=1S/C25H44ClN.ClH/c1-2-3-4-5-6-7-8-9-10-11-12-13-14-15-16-17-22-27-23-24-18-20-25(26)21-19-24;/h18-21,27H,2-17,22-23H2,1H3;1H. The summed E-state index contributed by atoms with van der Waals surface area (Å²) in [5.41, 5.74) is 1.32. The second kappa shape index (κ2) is 21.5. The summed E-state index contributed by atoms with van der Waals surface area (Å²) in [5, 5.41) is 4.34. The summed E-state index contributed by atoms with van der Waals surface area (Å²) in [6, 6.07) is 8.13. The van der Waals surface area contributed by atoms with Gasteiger partial charge in [0.05, 0.1) is 0 Å². The predicted octanol–water partition coefficient (Wildman–Crippen LogP) is 9.11. The maximum Gasteiger partial charge on any atom is 0.0406 e. The van der Waals surface area contributed by atoms with Crippen LogP contribution in [0.25, 0.3) is 0 Å². The van der Waals surface area contributed by atoms with Crippen molar-refractivity contribution in [3.05, 3.63) is 34.9 Å². The highest BCUT2D eigenvalue weighted by Crippen LogP contribution is 2.13. The normalized spacial score (nSPS) is 10.8. The van der Waals surface area contributed by atoms with E-state index in [1.165, 1.54) is 108 Å². The Labute approximate surface area is 186 Å². The Morgan fingerprint density at radius 3 is 1.43 bits per heavy atom. The van der Waals surface area contributed by atoms with Crippen molar-refractivity contribution in [3.63, 3.8) is 0 Å². The lowest BCUT2D eigenvalue weighted by Crippen LogP contribution is -2.14. The van der Waals surface area contributed by atoms with Crippen molar-refractivity contribution in [1.82, 2.24) is 5.32 Å². The molecule has 1 N–H and O–H groups in total. The van der Waals surface area contributed by atoms with Crippen LogP contribution in [0.15, 0.2) is 24.3 Å².